The lowest BCUT2D eigenvalue weighted by Crippen LogP contribution is -2.47. The van der Waals surface area contributed by atoms with E-state index in [1.54, 1.807) is 7.11 Å². The largest absolute Gasteiger partial charge is 0.385 e. The van der Waals surface area contributed by atoms with Gasteiger partial charge in [-0.1, -0.05) is 6.92 Å². The Kier molecular flexibility index (Phi) is 5.76. The summed E-state index contributed by atoms with van der Waals surface area (Å²) < 4.78 is 31.2. The second kappa shape index (κ2) is 6.61. The summed E-state index contributed by atoms with van der Waals surface area (Å²) in [4.78, 5) is 0. The van der Waals surface area contributed by atoms with Crippen molar-refractivity contribution in [3.63, 3.8) is 0 Å². The lowest BCUT2D eigenvalue weighted by Gasteiger charge is -2.36. The van der Waals surface area contributed by atoms with Crippen LogP contribution in [-0.4, -0.2) is 25.7 Å². The van der Waals surface area contributed by atoms with Gasteiger partial charge in [0.25, 0.3) is 0 Å². The first-order valence-electron chi connectivity index (χ1n) is 6.33. The van der Waals surface area contributed by atoms with Crippen LogP contribution in [-0.2, 0) is 4.74 Å². The Morgan fingerprint density at radius 3 is 2.47 bits per heavy atom. The lowest BCUT2D eigenvalue weighted by molar-refractivity contribution is -0.0522. The first kappa shape index (κ1) is 14.8. The Morgan fingerprint density at radius 1 is 1.41 bits per heavy atom. The maximum atomic E-state index is 13.1. The van der Waals surface area contributed by atoms with Gasteiger partial charge in [-0.3, -0.25) is 11.3 Å². The van der Waals surface area contributed by atoms with Crippen LogP contribution in [0.15, 0.2) is 0 Å². The van der Waals surface area contributed by atoms with Crippen molar-refractivity contribution in [2.24, 2.45) is 17.7 Å². The molecule has 102 valence electrons. The number of hydrazine groups is 1. The summed E-state index contributed by atoms with van der Waals surface area (Å²) in [6.45, 7) is 2.78. The molecule has 0 aliphatic heterocycles. The zero-order chi connectivity index (χ0) is 12.9. The number of nitrogens with one attached hydrogen (secondary N) is 1. The quantitative estimate of drug-likeness (QED) is 0.562. The van der Waals surface area contributed by atoms with Gasteiger partial charge in [0.05, 0.1) is 0 Å². The number of ether oxygens (including phenoxy) is 1. The highest BCUT2D eigenvalue weighted by atomic mass is 19.3. The highest BCUT2D eigenvalue weighted by molar-refractivity contribution is 4.86. The van der Waals surface area contributed by atoms with E-state index in [0.717, 1.165) is 6.42 Å². The Hall–Kier alpha value is -0.260. The van der Waals surface area contributed by atoms with E-state index in [9.17, 15) is 8.78 Å². The van der Waals surface area contributed by atoms with Crippen LogP contribution < -0.4 is 11.3 Å². The van der Waals surface area contributed by atoms with Crippen molar-refractivity contribution in [2.75, 3.05) is 13.7 Å². The standard InChI is InChI=1S/C12H24F2N2O/c1-9(5-8-17-2)11(16-15)10-3-6-12(13,14)7-4-10/h9-11,16H,3-8,15H2,1-2H3. The average molecular weight is 250 g/mol. The Labute approximate surface area is 102 Å². The number of halogens is 2. The van der Waals surface area contributed by atoms with Crippen molar-refractivity contribution in [1.29, 1.82) is 0 Å². The highest BCUT2D eigenvalue weighted by Gasteiger charge is 2.38. The lowest BCUT2D eigenvalue weighted by atomic mass is 9.77. The van der Waals surface area contributed by atoms with Crippen LogP contribution in [0.1, 0.15) is 39.0 Å². The minimum atomic E-state index is -2.47. The number of rotatable bonds is 6. The molecule has 3 N–H and O–H groups in total. The molecule has 0 bridgehead atoms. The third-order valence-corrected chi connectivity index (χ3v) is 3.85. The molecule has 2 atom stereocenters. The van der Waals surface area contributed by atoms with Gasteiger partial charge >= 0.3 is 0 Å². The minimum Gasteiger partial charge on any atom is -0.385 e. The molecule has 0 heterocycles. The molecule has 1 saturated carbocycles. The van der Waals surface area contributed by atoms with Gasteiger partial charge in [0.15, 0.2) is 0 Å². The maximum absolute atomic E-state index is 13.1. The molecular formula is C12H24F2N2O. The van der Waals surface area contributed by atoms with E-state index < -0.39 is 5.92 Å². The number of hydrogen-bond acceptors (Lipinski definition) is 3. The molecule has 0 saturated heterocycles. The first-order chi connectivity index (χ1) is 8.00. The van der Waals surface area contributed by atoms with E-state index >= 15 is 0 Å². The third-order valence-electron chi connectivity index (χ3n) is 3.85. The van der Waals surface area contributed by atoms with E-state index in [-0.39, 0.29) is 24.8 Å². The van der Waals surface area contributed by atoms with Crippen LogP contribution in [0.2, 0.25) is 0 Å². The molecule has 0 spiro atoms. The maximum Gasteiger partial charge on any atom is 0.248 e. The van der Waals surface area contributed by atoms with Crippen molar-refractivity contribution in [2.45, 2.75) is 51.0 Å². The summed E-state index contributed by atoms with van der Waals surface area (Å²) >= 11 is 0. The molecule has 0 radical (unpaired) electrons. The van der Waals surface area contributed by atoms with Gasteiger partial charge in [-0.25, -0.2) is 8.78 Å². The minimum absolute atomic E-state index is 0.00710. The molecule has 2 unspecified atom stereocenters. The van der Waals surface area contributed by atoms with Gasteiger partial charge in [0, 0.05) is 32.6 Å². The Balaban J connectivity index is 2.45. The normalized spacial score (nSPS) is 24.5. The van der Waals surface area contributed by atoms with Gasteiger partial charge < -0.3 is 4.74 Å². The summed E-state index contributed by atoms with van der Waals surface area (Å²) in [5.41, 5.74) is 2.81. The molecule has 5 heteroatoms. The monoisotopic (exact) mass is 250 g/mol. The fourth-order valence-corrected chi connectivity index (χ4v) is 2.67. The van der Waals surface area contributed by atoms with Crippen LogP contribution in [0.3, 0.4) is 0 Å². The molecule has 0 aromatic rings. The molecule has 1 aliphatic rings. The summed E-state index contributed by atoms with van der Waals surface area (Å²) in [6.07, 6.45) is 2.00. The molecule has 1 fully saturated rings. The number of alkyl halides is 2. The van der Waals surface area contributed by atoms with Crippen molar-refractivity contribution in [3.8, 4) is 0 Å². The van der Waals surface area contributed by atoms with E-state index in [2.05, 4.69) is 12.3 Å². The van der Waals surface area contributed by atoms with E-state index in [1.165, 1.54) is 0 Å². The molecule has 17 heavy (non-hydrogen) atoms. The zero-order valence-corrected chi connectivity index (χ0v) is 10.7. The van der Waals surface area contributed by atoms with Crippen molar-refractivity contribution in [1.82, 2.24) is 5.43 Å². The van der Waals surface area contributed by atoms with Gasteiger partial charge in [-0.05, 0) is 31.1 Å². The predicted molar refractivity (Wildman–Crippen MR) is 63.7 cm³/mol. The topological polar surface area (TPSA) is 47.3 Å². The van der Waals surface area contributed by atoms with Crippen molar-refractivity contribution >= 4 is 0 Å². The van der Waals surface area contributed by atoms with Crippen LogP contribution in [0.25, 0.3) is 0 Å². The third kappa shape index (κ3) is 4.48. The summed E-state index contributed by atoms with van der Waals surface area (Å²) in [6, 6.07) is 0.112. The molecule has 0 amide bonds. The second-order valence-electron chi connectivity index (χ2n) is 5.14. The smallest absolute Gasteiger partial charge is 0.248 e. The Bertz CT molecular complexity index is 217. The second-order valence-corrected chi connectivity index (χ2v) is 5.14. The number of nitrogens with two attached hydrogens (primary N) is 1. The van der Waals surface area contributed by atoms with Gasteiger partial charge in [-0.2, -0.15) is 0 Å². The first-order valence-corrected chi connectivity index (χ1v) is 6.33. The van der Waals surface area contributed by atoms with Crippen LogP contribution >= 0.6 is 0 Å². The van der Waals surface area contributed by atoms with Crippen LogP contribution in [0.5, 0.6) is 0 Å². The van der Waals surface area contributed by atoms with E-state index in [0.29, 0.717) is 25.4 Å². The average Bonchev–Trinajstić information content (AvgIpc) is 2.29. The van der Waals surface area contributed by atoms with Crippen LogP contribution in [0, 0.1) is 11.8 Å². The summed E-state index contributed by atoms with van der Waals surface area (Å²) in [5.74, 6) is 3.70. The number of hydrogen-bond donors (Lipinski definition) is 2. The summed E-state index contributed by atoms with van der Waals surface area (Å²) in [5, 5.41) is 0. The van der Waals surface area contributed by atoms with E-state index in [1.807, 2.05) is 0 Å². The molecule has 3 nitrogen and oxygen atoms in total. The van der Waals surface area contributed by atoms with Crippen molar-refractivity contribution < 1.29 is 13.5 Å². The van der Waals surface area contributed by atoms with E-state index in [4.69, 9.17) is 10.6 Å². The fourth-order valence-electron chi connectivity index (χ4n) is 2.67. The predicted octanol–water partition coefficient (Wildman–Crippen LogP) is 2.32. The van der Waals surface area contributed by atoms with Crippen molar-refractivity contribution in [3.05, 3.63) is 0 Å². The zero-order valence-electron chi connectivity index (χ0n) is 10.7. The molecular weight excluding hydrogens is 226 g/mol. The summed E-state index contributed by atoms with van der Waals surface area (Å²) in [7, 11) is 1.67. The molecule has 0 aromatic heterocycles. The highest BCUT2D eigenvalue weighted by Crippen LogP contribution is 2.38. The van der Waals surface area contributed by atoms with Gasteiger partial charge in [-0.15, -0.1) is 0 Å². The van der Waals surface area contributed by atoms with Gasteiger partial charge in [0.1, 0.15) is 0 Å². The molecule has 0 aromatic carbocycles. The Morgan fingerprint density at radius 2 is 2.00 bits per heavy atom. The van der Waals surface area contributed by atoms with Crippen LogP contribution in [0.4, 0.5) is 8.78 Å². The fraction of sp³-hybridized carbons (Fsp3) is 1.00. The molecule has 1 rings (SSSR count). The number of methoxy groups -OCH3 is 1. The molecule has 1 aliphatic carbocycles. The van der Waals surface area contributed by atoms with Gasteiger partial charge in [0.2, 0.25) is 5.92 Å². The SMILES string of the molecule is COCCC(C)C(NN)C1CCC(F)(F)CC1.